The molecule has 3 aromatic carbocycles. The van der Waals surface area contributed by atoms with Crippen molar-refractivity contribution in [2.24, 2.45) is 0 Å². The minimum atomic E-state index is -3.41. The molecule has 0 atom stereocenters. The standard InChI is InChI=1S/C27H30N2O4S/c1-33-25-14-13-24-20-29(17-15-23(24)19-25)34(31,32)18-8-16-28-27(30)26(21-9-4-2-5-10-21)22-11-6-3-7-12-22/h2-7,9-14,19,26H,8,15-18,20H2,1H3,(H,28,30). The van der Waals surface area contributed by atoms with Crippen LogP contribution in [-0.4, -0.2) is 44.6 Å². The van der Waals surface area contributed by atoms with E-state index in [1.165, 1.54) is 0 Å². The SMILES string of the molecule is COc1ccc2c(c1)CCN(S(=O)(=O)CCCNC(=O)C(c1ccccc1)c1ccccc1)C2. The number of sulfonamides is 1. The molecule has 34 heavy (non-hydrogen) atoms. The molecule has 7 heteroatoms. The fourth-order valence-electron chi connectivity index (χ4n) is 4.35. The highest BCUT2D eigenvalue weighted by Crippen LogP contribution is 2.26. The number of carbonyl (C=O) groups is 1. The van der Waals surface area contributed by atoms with Crippen molar-refractivity contribution in [2.75, 3.05) is 26.0 Å². The highest BCUT2D eigenvalue weighted by molar-refractivity contribution is 7.89. The number of nitrogens with one attached hydrogen (secondary N) is 1. The average Bonchev–Trinajstić information content (AvgIpc) is 2.87. The van der Waals surface area contributed by atoms with E-state index in [2.05, 4.69) is 5.32 Å². The van der Waals surface area contributed by atoms with E-state index < -0.39 is 15.9 Å². The van der Waals surface area contributed by atoms with Gasteiger partial charge >= 0.3 is 0 Å². The summed E-state index contributed by atoms with van der Waals surface area (Å²) in [5, 5.41) is 2.95. The number of hydrogen-bond donors (Lipinski definition) is 1. The molecule has 1 amide bonds. The van der Waals surface area contributed by atoms with Gasteiger partial charge in [-0.2, -0.15) is 4.31 Å². The molecule has 0 fully saturated rings. The van der Waals surface area contributed by atoms with Gasteiger partial charge in [0.25, 0.3) is 0 Å². The van der Waals surface area contributed by atoms with Gasteiger partial charge in [-0.25, -0.2) is 8.42 Å². The highest BCUT2D eigenvalue weighted by Gasteiger charge is 2.27. The Balaban J connectivity index is 1.34. The van der Waals surface area contributed by atoms with E-state index in [1.54, 1.807) is 11.4 Å². The summed E-state index contributed by atoms with van der Waals surface area (Å²) in [4.78, 5) is 13.1. The first-order valence-electron chi connectivity index (χ1n) is 11.5. The Hall–Kier alpha value is -3.16. The van der Waals surface area contributed by atoms with Gasteiger partial charge in [-0.3, -0.25) is 4.79 Å². The maximum Gasteiger partial charge on any atom is 0.232 e. The Kier molecular flexibility index (Phi) is 7.65. The molecule has 1 N–H and O–H groups in total. The summed E-state index contributed by atoms with van der Waals surface area (Å²) < 4.78 is 32.7. The van der Waals surface area contributed by atoms with E-state index in [4.69, 9.17) is 4.74 Å². The monoisotopic (exact) mass is 478 g/mol. The average molecular weight is 479 g/mol. The molecule has 0 saturated heterocycles. The van der Waals surface area contributed by atoms with Crippen LogP contribution in [0.4, 0.5) is 0 Å². The molecule has 4 rings (SSSR count). The van der Waals surface area contributed by atoms with Crippen LogP contribution in [0.15, 0.2) is 78.9 Å². The lowest BCUT2D eigenvalue weighted by Gasteiger charge is -2.28. The van der Waals surface area contributed by atoms with Crippen molar-refractivity contribution in [1.29, 1.82) is 0 Å². The zero-order valence-corrected chi connectivity index (χ0v) is 20.1. The van der Waals surface area contributed by atoms with Crippen molar-refractivity contribution in [3.05, 3.63) is 101 Å². The van der Waals surface area contributed by atoms with Crippen LogP contribution in [0.25, 0.3) is 0 Å². The Morgan fingerprint density at radius 1 is 0.971 bits per heavy atom. The van der Waals surface area contributed by atoms with Crippen LogP contribution in [0, 0.1) is 0 Å². The second kappa shape index (κ2) is 10.8. The second-order valence-electron chi connectivity index (χ2n) is 8.43. The fourth-order valence-corrected chi connectivity index (χ4v) is 5.82. The zero-order valence-electron chi connectivity index (χ0n) is 19.3. The van der Waals surface area contributed by atoms with Gasteiger partial charge in [0.05, 0.1) is 18.8 Å². The maximum atomic E-state index is 13.1. The number of benzene rings is 3. The van der Waals surface area contributed by atoms with Gasteiger partial charge in [0.2, 0.25) is 15.9 Å². The number of nitrogens with zero attached hydrogens (tertiary/aromatic N) is 1. The lowest BCUT2D eigenvalue weighted by molar-refractivity contribution is -0.121. The predicted octanol–water partition coefficient (Wildman–Crippen LogP) is 3.72. The van der Waals surface area contributed by atoms with Gasteiger partial charge in [-0.05, 0) is 47.2 Å². The molecule has 6 nitrogen and oxygen atoms in total. The molecular formula is C27H30N2O4S. The van der Waals surface area contributed by atoms with E-state index in [9.17, 15) is 13.2 Å². The first kappa shape index (κ1) is 24.0. The third-order valence-corrected chi connectivity index (χ3v) is 8.09. The summed E-state index contributed by atoms with van der Waals surface area (Å²) in [6.07, 6.45) is 1.02. The molecule has 0 bridgehead atoms. The van der Waals surface area contributed by atoms with Gasteiger partial charge in [-0.15, -0.1) is 0 Å². The van der Waals surface area contributed by atoms with Gasteiger partial charge < -0.3 is 10.1 Å². The van der Waals surface area contributed by atoms with Crippen LogP contribution in [0.3, 0.4) is 0 Å². The van der Waals surface area contributed by atoms with Crippen LogP contribution in [-0.2, 0) is 27.8 Å². The molecule has 1 heterocycles. The summed E-state index contributed by atoms with van der Waals surface area (Å²) in [5.74, 6) is 0.223. The molecule has 0 spiro atoms. The van der Waals surface area contributed by atoms with Crippen LogP contribution < -0.4 is 10.1 Å². The van der Waals surface area contributed by atoms with Crippen molar-refractivity contribution < 1.29 is 17.9 Å². The van der Waals surface area contributed by atoms with Gasteiger partial charge in [0.1, 0.15) is 5.75 Å². The van der Waals surface area contributed by atoms with Crippen LogP contribution in [0.2, 0.25) is 0 Å². The zero-order chi connectivity index (χ0) is 24.0. The van der Waals surface area contributed by atoms with Crippen molar-refractivity contribution in [2.45, 2.75) is 25.3 Å². The molecule has 0 unspecified atom stereocenters. The topological polar surface area (TPSA) is 75.7 Å². The van der Waals surface area contributed by atoms with Crippen LogP contribution in [0.1, 0.15) is 34.6 Å². The van der Waals surface area contributed by atoms with Crippen molar-refractivity contribution in [3.8, 4) is 5.75 Å². The van der Waals surface area contributed by atoms with E-state index in [-0.39, 0.29) is 11.7 Å². The Labute approximate surface area is 201 Å². The number of carbonyl (C=O) groups excluding carboxylic acids is 1. The number of amides is 1. The molecule has 0 saturated carbocycles. The first-order valence-corrected chi connectivity index (χ1v) is 13.1. The normalized spacial score (nSPS) is 13.9. The number of ether oxygens (including phenoxy) is 1. The molecule has 0 aromatic heterocycles. The minimum Gasteiger partial charge on any atom is -0.497 e. The Morgan fingerprint density at radius 3 is 2.24 bits per heavy atom. The molecule has 3 aromatic rings. The lowest BCUT2D eigenvalue weighted by Crippen LogP contribution is -2.38. The quantitative estimate of drug-likeness (QED) is 0.476. The summed E-state index contributed by atoms with van der Waals surface area (Å²) in [7, 11) is -1.79. The molecule has 1 aliphatic rings. The smallest absolute Gasteiger partial charge is 0.232 e. The van der Waals surface area contributed by atoms with E-state index >= 15 is 0 Å². The second-order valence-corrected chi connectivity index (χ2v) is 10.5. The lowest BCUT2D eigenvalue weighted by atomic mass is 9.90. The molecule has 178 valence electrons. The summed E-state index contributed by atoms with van der Waals surface area (Å²) in [5.41, 5.74) is 3.95. The van der Waals surface area contributed by atoms with E-state index in [0.717, 1.165) is 28.0 Å². The van der Waals surface area contributed by atoms with Crippen LogP contribution >= 0.6 is 0 Å². The minimum absolute atomic E-state index is 0.000108. The van der Waals surface area contributed by atoms with Crippen molar-refractivity contribution in [3.63, 3.8) is 0 Å². The number of rotatable bonds is 9. The summed E-state index contributed by atoms with van der Waals surface area (Å²) in [6.45, 7) is 1.13. The molecular weight excluding hydrogens is 448 g/mol. The predicted molar refractivity (Wildman–Crippen MR) is 133 cm³/mol. The molecule has 0 radical (unpaired) electrons. The summed E-state index contributed by atoms with van der Waals surface area (Å²) >= 11 is 0. The summed E-state index contributed by atoms with van der Waals surface area (Å²) in [6, 6.07) is 25.0. The van der Waals surface area contributed by atoms with Crippen LogP contribution in [0.5, 0.6) is 5.75 Å². The Bertz CT molecular complexity index is 1170. The molecule has 1 aliphatic heterocycles. The molecule has 0 aliphatic carbocycles. The van der Waals surface area contributed by atoms with Crippen molar-refractivity contribution >= 4 is 15.9 Å². The van der Waals surface area contributed by atoms with Gasteiger partial charge in [0.15, 0.2) is 0 Å². The van der Waals surface area contributed by atoms with Gasteiger partial charge in [0, 0.05) is 19.6 Å². The number of fused-ring (bicyclic) bond motifs is 1. The largest absolute Gasteiger partial charge is 0.497 e. The van der Waals surface area contributed by atoms with E-state index in [0.29, 0.717) is 32.5 Å². The number of methoxy groups -OCH3 is 1. The number of hydrogen-bond acceptors (Lipinski definition) is 4. The van der Waals surface area contributed by atoms with E-state index in [1.807, 2.05) is 78.9 Å². The maximum absolute atomic E-state index is 13.1. The Morgan fingerprint density at radius 2 is 1.62 bits per heavy atom. The highest BCUT2D eigenvalue weighted by atomic mass is 32.2. The van der Waals surface area contributed by atoms with Crippen molar-refractivity contribution in [1.82, 2.24) is 9.62 Å². The fraction of sp³-hybridized carbons (Fsp3) is 0.296. The first-order chi connectivity index (χ1) is 16.5. The third-order valence-electron chi connectivity index (χ3n) is 6.19. The van der Waals surface area contributed by atoms with Gasteiger partial charge in [-0.1, -0.05) is 66.7 Å². The third kappa shape index (κ3) is 5.66.